The van der Waals surface area contributed by atoms with Crippen LogP contribution in [0.1, 0.15) is 0 Å². The molecule has 0 amide bonds. The topological polar surface area (TPSA) is 4.93 Å². The van der Waals surface area contributed by atoms with Gasteiger partial charge in [-0.2, -0.15) is 0 Å². The van der Waals surface area contributed by atoms with E-state index in [1.165, 1.54) is 44.1 Å². The monoisotopic (exact) mass is 389 g/mol. The summed E-state index contributed by atoms with van der Waals surface area (Å²) in [6, 6.07) is 31.6. The zero-order chi connectivity index (χ0) is 19.8. The van der Waals surface area contributed by atoms with Crippen molar-refractivity contribution in [2.75, 3.05) is 0 Å². The van der Waals surface area contributed by atoms with Gasteiger partial charge in [-0.1, -0.05) is 92.0 Å². The van der Waals surface area contributed by atoms with E-state index in [1.54, 1.807) is 10.4 Å². The van der Waals surface area contributed by atoms with Crippen LogP contribution in [-0.2, 0) is 7.05 Å². The predicted octanol–water partition coefficient (Wildman–Crippen LogP) is 5.80. The third-order valence-electron chi connectivity index (χ3n) is 6.82. The molecule has 2 heteroatoms. The third kappa shape index (κ3) is 2.15. The minimum atomic E-state index is -1.67. The van der Waals surface area contributed by atoms with Gasteiger partial charge in [0.05, 0.1) is 5.52 Å². The minimum absolute atomic E-state index is 1.29. The zero-order valence-electron chi connectivity index (χ0n) is 17.0. The van der Waals surface area contributed by atoms with Gasteiger partial charge in [0.15, 0.2) is 0 Å². The van der Waals surface area contributed by atoms with Gasteiger partial charge in [-0.15, -0.1) is 0 Å². The van der Waals surface area contributed by atoms with E-state index >= 15 is 0 Å². The summed E-state index contributed by atoms with van der Waals surface area (Å²) in [6.45, 7) is 4.97. The lowest BCUT2D eigenvalue weighted by Gasteiger charge is -2.19. The SMILES string of the molecule is Cn1c2ccccc2c2cccc(-c3ccc4c(c3)[Si](C)(C)c3ccccc3-4)c21. The molecule has 29 heavy (non-hydrogen) atoms. The van der Waals surface area contributed by atoms with Gasteiger partial charge in [0.25, 0.3) is 0 Å². The van der Waals surface area contributed by atoms with Crippen LogP contribution in [0.2, 0.25) is 13.1 Å². The molecule has 1 aliphatic heterocycles. The summed E-state index contributed by atoms with van der Waals surface area (Å²) in [6.07, 6.45) is 0. The zero-order valence-corrected chi connectivity index (χ0v) is 18.0. The molecule has 1 aliphatic rings. The number of aromatic nitrogens is 1. The fourth-order valence-electron chi connectivity index (χ4n) is 5.34. The molecule has 0 atom stereocenters. The van der Waals surface area contributed by atoms with Crippen LogP contribution in [0, 0.1) is 0 Å². The van der Waals surface area contributed by atoms with Crippen LogP contribution in [0.25, 0.3) is 44.1 Å². The van der Waals surface area contributed by atoms with E-state index in [4.69, 9.17) is 0 Å². The third-order valence-corrected chi connectivity index (χ3v) is 10.4. The van der Waals surface area contributed by atoms with Gasteiger partial charge in [0.1, 0.15) is 8.07 Å². The number of hydrogen-bond acceptors (Lipinski definition) is 0. The molecule has 0 spiro atoms. The minimum Gasteiger partial charge on any atom is -0.343 e. The Hall–Kier alpha value is -3.10. The lowest BCUT2D eigenvalue weighted by atomic mass is 9.98. The van der Waals surface area contributed by atoms with Crippen LogP contribution in [0.15, 0.2) is 84.9 Å². The molecule has 0 unspecified atom stereocenters. The van der Waals surface area contributed by atoms with Gasteiger partial charge in [0, 0.05) is 28.9 Å². The van der Waals surface area contributed by atoms with E-state index < -0.39 is 8.07 Å². The Labute approximate surface area is 172 Å². The fourth-order valence-corrected chi connectivity index (χ4v) is 8.44. The number of benzene rings is 4. The number of fused-ring (bicyclic) bond motifs is 6. The lowest BCUT2D eigenvalue weighted by molar-refractivity contribution is 1.02. The first kappa shape index (κ1) is 16.8. The number of aryl methyl sites for hydroxylation is 1. The normalized spacial score (nSPS) is 14.3. The molecule has 0 radical (unpaired) electrons. The molecule has 0 bridgehead atoms. The van der Waals surface area contributed by atoms with E-state index in [-0.39, 0.29) is 0 Å². The molecule has 6 rings (SSSR count). The van der Waals surface area contributed by atoms with Gasteiger partial charge >= 0.3 is 0 Å². The second kappa shape index (κ2) is 5.71. The number of hydrogen-bond donors (Lipinski definition) is 0. The number of para-hydroxylation sites is 2. The summed E-state index contributed by atoms with van der Waals surface area (Å²) in [5, 5.41) is 5.79. The van der Waals surface area contributed by atoms with Gasteiger partial charge in [-0.3, -0.25) is 0 Å². The van der Waals surface area contributed by atoms with Gasteiger partial charge in [0.2, 0.25) is 0 Å². The average molecular weight is 390 g/mol. The highest BCUT2D eigenvalue weighted by Crippen LogP contribution is 2.37. The summed E-state index contributed by atoms with van der Waals surface area (Å²) < 4.78 is 2.35. The standard InChI is InChI=1S/C27H23NSi/c1-28-24-13-6-4-9-20(24)23-12-8-11-19(27(23)28)18-15-16-22-21-10-5-7-14-25(21)29(2,3)26(22)17-18/h4-17H,1-3H3. The highest BCUT2D eigenvalue weighted by Gasteiger charge is 2.37. The Bertz CT molecular complexity index is 1440. The van der Waals surface area contributed by atoms with Crippen molar-refractivity contribution in [3.63, 3.8) is 0 Å². The quantitative estimate of drug-likeness (QED) is 0.319. The second-order valence-electron chi connectivity index (χ2n) is 8.71. The van der Waals surface area contributed by atoms with Gasteiger partial charge < -0.3 is 4.57 Å². The predicted molar refractivity (Wildman–Crippen MR) is 128 cm³/mol. The van der Waals surface area contributed by atoms with E-state index in [0.717, 1.165) is 0 Å². The summed E-state index contributed by atoms with van der Waals surface area (Å²) in [7, 11) is 0.525. The van der Waals surface area contributed by atoms with Crippen molar-refractivity contribution >= 4 is 40.3 Å². The number of nitrogens with zero attached hydrogens (tertiary/aromatic N) is 1. The van der Waals surface area contributed by atoms with Crippen molar-refractivity contribution in [1.82, 2.24) is 4.57 Å². The van der Waals surface area contributed by atoms with Crippen LogP contribution in [0.3, 0.4) is 0 Å². The van der Waals surface area contributed by atoms with Gasteiger partial charge in [-0.05, 0) is 33.1 Å². The molecule has 0 saturated carbocycles. The molecular weight excluding hydrogens is 366 g/mol. The number of rotatable bonds is 1. The Balaban J connectivity index is 1.64. The summed E-state index contributed by atoms with van der Waals surface area (Å²) >= 11 is 0. The van der Waals surface area contributed by atoms with Crippen LogP contribution in [-0.4, -0.2) is 12.6 Å². The largest absolute Gasteiger partial charge is 0.343 e. The van der Waals surface area contributed by atoms with E-state index in [2.05, 4.69) is 110 Å². The van der Waals surface area contributed by atoms with Crippen molar-refractivity contribution in [2.24, 2.45) is 7.05 Å². The second-order valence-corrected chi connectivity index (χ2v) is 13.0. The molecule has 0 saturated heterocycles. The molecule has 4 aromatic carbocycles. The van der Waals surface area contributed by atoms with Crippen molar-refractivity contribution in [1.29, 1.82) is 0 Å². The first-order valence-electron chi connectivity index (χ1n) is 10.3. The molecule has 0 N–H and O–H groups in total. The first-order valence-corrected chi connectivity index (χ1v) is 13.3. The Morgan fingerprint density at radius 2 is 1.31 bits per heavy atom. The fraction of sp³-hybridized carbons (Fsp3) is 0.111. The smallest absolute Gasteiger partial charge is 0.113 e. The van der Waals surface area contributed by atoms with Crippen molar-refractivity contribution < 1.29 is 0 Å². The molecule has 1 aromatic heterocycles. The Morgan fingerprint density at radius 3 is 2.21 bits per heavy atom. The molecule has 0 aliphatic carbocycles. The van der Waals surface area contributed by atoms with Crippen molar-refractivity contribution in [2.45, 2.75) is 13.1 Å². The van der Waals surface area contributed by atoms with Crippen LogP contribution >= 0.6 is 0 Å². The van der Waals surface area contributed by atoms with Crippen LogP contribution < -0.4 is 10.4 Å². The summed E-state index contributed by atoms with van der Waals surface area (Å²) in [4.78, 5) is 0. The van der Waals surface area contributed by atoms with Crippen LogP contribution in [0.5, 0.6) is 0 Å². The first-order chi connectivity index (χ1) is 14.1. The molecule has 0 fully saturated rings. The van der Waals surface area contributed by atoms with Crippen molar-refractivity contribution in [3.05, 3.63) is 84.9 Å². The highest BCUT2D eigenvalue weighted by molar-refractivity contribution is 7.03. The molecule has 5 aromatic rings. The highest BCUT2D eigenvalue weighted by atomic mass is 28.3. The van der Waals surface area contributed by atoms with E-state index in [0.29, 0.717) is 0 Å². The van der Waals surface area contributed by atoms with E-state index in [9.17, 15) is 0 Å². The maximum atomic E-state index is 2.48. The summed E-state index contributed by atoms with van der Waals surface area (Å²) in [5.74, 6) is 0. The Morgan fingerprint density at radius 1 is 0.621 bits per heavy atom. The maximum absolute atomic E-state index is 2.48. The van der Waals surface area contributed by atoms with E-state index in [1.807, 2.05) is 0 Å². The molecule has 2 heterocycles. The molecule has 1 nitrogen and oxygen atoms in total. The molecule has 140 valence electrons. The molecular formula is C27H23NSi. The van der Waals surface area contributed by atoms with Gasteiger partial charge in [-0.25, -0.2) is 0 Å². The summed E-state index contributed by atoms with van der Waals surface area (Å²) in [5.41, 5.74) is 8.14. The Kier molecular flexibility index (Phi) is 3.31. The van der Waals surface area contributed by atoms with Crippen LogP contribution in [0.4, 0.5) is 0 Å². The lowest BCUT2D eigenvalue weighted by Crippen LogP contribution is -2.49. The average Bonchev–Trinajstić information content (AvgIpc) is 3.18. The van der Waals surface area contributed by atoms with Crippen molar-refractivity contribution in [3.8, 4) is 22.3 Å². The maximum Gasteiger partial charge on any atom is 0.113 e.